The lowest BCUT2D eigenvalue weighted by atomic mass is 10.1. The van der Waals surface area contributed by atoms with E-state index in [1.54, 1.807) is 6.92 Å². The number of hydrogen-bond donors (Lipinski definition) is 2. The van der Waals surface area contributed by atoms with Gasteiger partial charge in [-0.3, -0.25) is 19.2 Å². The Bertz CT molecular complexity index is 666. The molecule has 2 saturated heterocycles. The Kier molecular flexibility index (Phi) is 5.38. The van der Waals surface area contributed by atoms with Crippen molar-refractivity contribution in [1.29, 1.82) is 0 Å². The van der Waals surface area contributed by atoms with Gasteiger partial charge in [-0.05, 0) is 39.5 Å². The van der Waals surface area contributed by atoms with Gasteiger partial charge in [0.1, 0.15) is 17.7 Å². The maximum absolute atomic E-state index is 12.6. The van der Waals surface area contributed by atoms with Crippen molar-refractivity contribution in [2.45, 2.75) is 69.3 Å². The van der Waals surface area contributed by atoms with Crippen LogP contribution in [0.2, 0.25) is 0 Å². The van der Waals surface area contributed by atoms with E-state index in [0.717, 1.165) is 6.42 Å². The van der Waals surface area contributed by atoms with Crippen LogP contribution in [0.5, 0.6) is 0 Å². The molecule has 2 heterocycles. The number of rotatable bonds is 6. The Morgan fingerprint density at radius 3 is 2.56 bits per heavy atom. The van der Waals surface area contributed by atoms with Gasteiger partial charge in [0, 0.05) is 13.1 Å². The molecule has 0 aromatic rings. The van der Waals surface area contributed by atoms with Crippen molar-refractivity contribution < 1.29 is 23.9 Å². The van der Waals surface area contributed by atoms with Gasteiger partial charge in [0.15, 0.2) is 11.6 Å². The van der Waals surface area contributed by atoms with Crippen LogP contribution < -0.4 is 11.5 Å². The molecule has 3 rings (SSSR count). The Morgan fingerprint density at radius 1 is 1.22 bits per heavy atom. The van der Waals surface area contributed by atoms with Crippen LogP contribution in [0.3, 0.4) is 0 Å². The predicted molar refractivity (Wildman–Crippen MR) is 95.5 cm³/mol. The number of amides is 2. The summed E-state index contributed by atoms with van der Waals surface area (Å²) in [5, 5.41) is 0. The quantitative estimate of drug-likeness (QED) is 0.576. The van der Waals surface area contributed by atoms with E-state index < -0.39 is 29.8 Å². The standard InChI is InChI=1S/C18H28N4O5/c1-10(19)16(25)22-8-4-6-18(22)14(24)15(18)27-9-12(20)17(26)21-7-3-5-13(21)11(2)23/h10,12-13,15H,3-9,19-20H2,1-2H3/t10-,12-,13-,15+,18-/m0/s1. The van der Waals surface area contributed by atoms with Crippen LogP contribution in [0.25, 0.3) is 0 Å². The van der Waals surface area contributed by atoms with Gasteiger partial charge >= 0.3 is 0 Å². The summed E-state index contributed by atoms with van der Waals surface area (Å²) in [7, 11) is 0. The van der Waals surface area contributed by atoms with Crippen LogP contribution in [0, 0.1) is 0 Å². The van der Waals surface area contributed by atoms with E-state index in [4.69, 9.17) is 16.2 Å². The van der Waals surface area contributed by atoms with Gasteiger partial charge in [0.05, 0.1) is 18.7 Å². The first-order chi connectivity index (χ1) is 12.7. The van der Waals surface area contributed by atoms with Crippen molar-refractivity contribution in [3.05, 3.63) is 0 Å². The van der Waals surface area contributed by atoms with E-state index in [9.17, 15) is 19.2 Å². The van der Waals surface area contributed by atoms with Crippen LogP contribution in [-0.2, 0) is 23.9 Å². The summed E-state index contributed by atoms with van der Waals surface area (Å²) in [5.41, 5.74) is 10.7. The third-order valence-corrected chi connectivity index (χ3v) is 5.86. The summed E-state index contributed by atoms with van der Waals surface area (Å²) in [5.74, 6) is -0.823. The lowest BCUT2D eigenvalue weighted by Crippen LogP contribution is -2.50. The molecule has 2 amide bonds. The molecule has 0 aromatic carbocycles. The molecule has 5 atom stereocenters. The van der Waals surface area contributed by atoms with Crippen LogP contribution in [-0.4, -0.2) is 82.6 Å². The molecule has 3 aliphatic rings. The highest BCUT2D eigenvalue weighted by Gasteiger charge is 2.72. The second-order valence-electron chi connectivity index (χ2n) is 7.79. The fraction of sp³-hybridized carbons (Fsp3) is 0.778. The van der Waals surface area contributed by atoms with Crippen molar-refractivity contribution in [2.24, 2.45) is 11.5 Å². The number of hydrogen-bond acceptors (Lipinski definition) is 7. The van der Waals surface area contributed by atoms with Crippen LogP contribution in [0.1, 0.15) is 39.5 Å². The predicted octanol–water partition coefficient (Wildman–Crippen LogP) is -1.43. The minimum Gasteiger partial charge on any atom is -0.365 e. The summed E-state index contributed by atoms with van der Waals surface area (Å²) in [6, 6.07) is -2.06. The highest BCUT2D eigenvalue weighted by Crippen LogP contribution is 2.48. The lowest BCUT2D eigenvalue weighted by Gasteiger charge is -2.27. The Hall–Kier alpha value is -1.84. The van der Waals surface area contributed by atoms with E-state index in [1.807, 2.05) is 0 Å². The van der Waals surface area contributed by atoms with Crippen molar-refractivity contribution in [2.75, 3.05) is 19.7 Å². The maximum atomic E-state index is 12.6. The number of carbonyl (C=O) groups is 4. The molecule has 150 valence electrons. The molecule has 1 spiro atoms. The van der Waals surface area contributed by atoms with Gasteiger partial charge in [-0.2, -0.15) is 0 Å². The summed E-state index contributed by atoms with van der Waals surface area (Å²) in [4.78, 5) is 51.9. The van der Waals surface area contributed by atoms with Gasteiger partial charge < -0.3 is 26.0 Å². The van der Waals surface area contributed by atoms with E-state index in [1.165, 1.54) is 16.7 Å². The Balaban J connectivity index is 1.59. The van der Waals surface area contributed by atoms with Crippen LogP contribution in [0.4, 0.5) is 0 Å². The molecule has 3 fully saturated rings. The third kappa shape index (κ3) is 3.28. The number of likely N-dealkylation sites (tertiary alicyclic amines) is 2. The second-order valence-corrected chi connectivity index (χ2v) is 7.79. The summed E-state index contributed by atoms with van der Waals surface area (Å²) in [6.45, 7) is 3.91. The van der Waals surface area contributed by atoms with E-state index >= 15 is 0 Å². The first-order valence-electron chi connectivity index (χ1n) is 9.51. The Labute approximate surface area is 158 Å². The summed E-state index contributed by atoms with van der Waals surface area (Å²) < 4.78 is 5.66. The average molecular weight is 380 g/mol. The molecular formula is C18H28N4O5. The molecule has 0 radical (unpaired) electrons. The lowest BCUT2D eigenvalue weighted by molar-refractivity contribution is -0.139. The number of ether oxygens (including phenoxy) is 1. The zero-order valence-electron chi connectivity index (χ0n) is 15.8. The van der Waals surface area contributed by atoms with Crippen LogP contribution in [0.15, 0.2) is 0 Å². The zero-order chi connectivity index (χ0) is 19.9. The molecule has 0 aromatic heterocycles. The largest absolute Gasteiger partial charge is 0.365 e. The molecule has 0 unspecified atom stereocenters. The normalized spacial score (nSPS) is 32.1. The molecule has 9 heteroatoms. The SMILES string of the molecule is CC(=O)[C@@H]1CCCN1C(=O)[C@@H](N)CO[C@@H]1C(=O)[C@@]12CCCN2C(=O)[C@H](C)N. The first-order valence-corrected chi connectivity index (χ1v) is 9.51. The number of Topliss-reactive ketones (excluding diaryl/α,β-unsaturated/α-hetero) is 2. The fourth-order valence-corrected chi connectivity index (χ4v) is 4.38. The van der Waals surface area contributed by atoms with E-state index in [-0.39, 0.29) is 30.0 Å². The Morgan fingerprint density at radius 2 is 1.93 bits per heavy atom. The zero-order valence-corrected chi connectivity index (χ0v) is 15.8. The molecular weight excluding hydrogens is 352 g/mol. The fourth-order valence-electron chi connectivity index (χ4n) is 4.38. The van der Waals surface area contributed by atoms with Gasteiger partial charge in [-0.1, -0.05) is 0 Å². The molecule has 9 nitrogen and oxygen atoms in total. The van der Waals surface area contributed by atoms with Gasteiger partial charge in [0.2, 0.25) is 11.8 Å². The van der Waals surface area contributed by atoms with E-state index in [2.05, 4.69) is 0 Å². The molecule has 2 aliphatic heterocycles. The molecule has 27 heavy (non-hydrogen) atoms. The number of carbonyl (C=O) groups excluding carboxylic acids is 4. The molecule has 1 saturated carbocycles. The summed E-state index contributed by atoms with van der Waals surface area (Å²) in [6.07, 6.45) is 1.90. The molecule has 4 N–H and O–H groups in total. The van der Waals surface area contributed by atoms with Gasteiger partial charge in [0.25, 0.3) is 0 Å². The molecule has 1 aliphatic carbocycles. The minimum atomic E-state index is -0.950. The monoisotopic (exact) mass is 380 g/mol. The highest BCUT2D eigenvalue weighted by atomic mass is 16.5. The van der Waals surface area contributed by atoms with Crippen molar-refractivity contribution >= 4 is 23.4 Å². The van der Waals surface area contributed by atoms with Gasteiger partial charge in [-0.15, -0.1) is 0 Å². The number of ketones is 2. The van der Waals surface area contributed by atoms with Gasteiger partial charge in [-0.25, -0.2) is 0 Å². The number of nitrogens with two attached hydrogens (primary N) is 2. The van der Waals surface area contributed by atoms with Crippen molar-refractivity contribution in [1.82, 2.24) is 9.80 Å². The van der Waals surface area contributed by atoms with Crippen LogP contribution >= 0.6 is 0 Å². The first kappa shape index (κ1) is 19.9. The average Bonchev–Trinajstić information content (AvgIpc) is 3.06. The third-order valence-electron chi connectivity index (χ3n) is 5.86. The summed E-state index contributed by atoms with van der Waals surface area (Å²) >= 11 is 0. The maximum Gasteiger partial charge on any atom is 0.242 e. The molecule has 0 bridgehead atoms. The van der Waals surface area contributed by atoms with E-state index in [0.29, 0.717) is 32.4 Å². The smallest absolute Gasteiger partial charge is 0.242 e. The highest BCUT2D eigenvalue weighted by molar-refractivity contribution is 6.14. The second kappa shape index (κ2) is 7.29. The van der Waals surface area contributed by atoms with Crippen molar-refractivity contribution in [3.63, 3.8) is 0 Å². The minimum absolute atomic E-state index is 0.0543. The topological polar surface area (TPSA) is 136 Å². The number of nitrogens with zero attached hydrogens (tertiary/aromatic N) is 2. The van der Waals surface area contributed by atoms with Crippen molar-refractivity contribution in [3.8, 4) is 0 Å².